The number of piperidine rings is 1. The SMILES string of the molecule is CCNCC1CCCN(S(=O)(=O)NC2CCOC2)C1. The van der Waals surface area contributed by atoms with Crippen molar-refractivity contribution >= 4 is 10.2 Å². The third kappa shape index (κ3) is 4.39. The third-order valence-electron chi connectivity index (χ3n) is 3.75. The van der Waals surface area contributed by atoms with Gasteiger partial charge in [0.05, 0.1) is 6.61 Å². The van der Waals surface area contributed by atoms with Gasteiger partial charge in [-0.2, -0.15) is 17.4 Å². The number of nitrogens with one attached hydrogen (secondary N) is 2. The average molecular weight is 291 g/mol. The summed E-state index contributed by atoms with van der Waals surface area (Å²) in [7, 11) is -3.35. The highest BCUT2D eigenvalue weighted by molar-refractivity contribution is 7.87. The molecule has 0 aromatic rings. The molecule has 7 heteroatoms. The highest BCUT2D eigenvalue weighted by atomic mass is 32.2. The molecule has 112 valence electrons. The summed E-state index contributed by atoms with van der Waals surface area (Å²) >= 11 is 0. The fourth-order valence-corrected chi connectivity index (χ4v) is 4.21. The second-order valence-electron chi connectivity index (χ2n) is 5.36. The summed E-state index contributed by atoms with van der Waals surface area (Å²) in [5.41, 5.74) is 0. The van der Waals surface area contributed by atoms with Gasteiger partial charge >= 0.3 is 0 Å². The Kier molecular flexibility index (Phi) is 5.58. The Bertz CT molecular complexity index is 368. The van der Waals surface area contributed by atoms with Crippen LogP contribution in [0.5, 0.6) is 0 Å². The normalized spacial score (nSPS) is 29.7. The number of nitrogens with zero attached hydrogens (tertiary/aromatic N) is 1. The topological polar surface area (TPSA) is 70.7 Å². The summed E-state index contributed by atoms with van der Waals surface area (Å²) in [6.07, 6.45) is 2.82. The minimum atomic E-state index is -3.35. The standard InChI is InChI=1S/C12H25N3O3S/c1-2-13-8-11-4-3-6-15(9-11)19(16,17)14-12-5-7-18-10-12/h11-14H,2-10H2,1H3. The molecule has 0 radical (unpaired) electrons. The van der Waals surface area contributed by atoms with Crippen molar-refractivity contribution in [2.24, 2.45) is 5.92 Å². The first-order valence-electron chi connectivity index (χ1n) is 7.17. The van der Waals surface area contributed by atoms with E-state index in [0.717, 1.165) is 32.4 Å². The van der Waals surface area contributed by atoms with Gasteiger partial charge in [-0.3, -0.25) is 0 Å². The molecule has 2 aliphatic heterocycles. The van der Waals surface area contributed by atoms with Crippen LogP contribution in [0.4, 0.5) is 0 Å². The summed E-state index contributed by atoms with van der Waals surface area (Å²) < 4.78 is 34.2. The molecular formula is C12H25N3O3S. The lowest BCUT2D eigenvalue weighted by Gasteiger charge is -2.32. The van der Waals surface area contributed by atoms with E-state index in [1.807, 2.05) is 0 Å². The van der Waals surface area contributed by atoms with E-state index in [9.17, 15) is 8.42 Å². The van der Waals surface area contributed by atoms with Crippen molar-refractivity contribution in [1.82, 2.24) is 14.3 Å². The molecule has 2 atom stereocenters. The zero-order chi connectivity index (χ0) is 13.7. The minimum Gasteiger partial charge on any atom is -0.380 e. The van der Waals surface area contributed by atoms with E-state index in [2.05, 4.69) is 17.0 Å². The largest absolute Gasteiger partial charge is 0.380 e. The van der Waals surface area contributed by atoms with E-state index in [1.54, 1.807) is 4.31 Å². The number of hydrogen-bond donors (Lipinski definition) is 2. The van der Waals surface area contributed by atoms with Crippen LogP contribution in [0.3, 0.4) is 0 Å². The molecule has 0 saturated carbocycles. The van der Waals surface area contributed by atoms with Crippen molar-refractivity contribution in [3.05, 3.63) is 0 Å². The summed E-state index contributed by atoms with van der Waals surface area (Å²) in [6.45, 7) is 6.29. The molecular weight excluding hydrogens is 266 g/mol. The fourth-order valence-electron chi connectivity index (χ4n) is 2.67. The van der Waals surface area contributed by atoms with Crippen molar-refractivity contribution in [2.45, 2.75) is 32.2 Å². The van der Waals surface area contributed by atoms with Gasteiger partial charge in [-0.1, -0.05) is 6.92 Å². The van der Waals surface area contributed by atoms with E-state index < -0.39 is 10.2 Å². The average Bonchev–Trinajstić information content (AvgIpc) is 2.89. The lowest BCUT2D eigenvalue weighted by molar-refractivity contribution is 0.191. The van der Waals surface area contributed by atoms with Crippen LogP contribution in [0.1, 0.15) is 26.2 Å². The molecule has 0 aromatic heterocycles. The maximum Gasteiger partial charge on any atom is 0.279 e. The van der Waals surface area contributed by atoms with Gasteiger partial charge in [0, 0.05) is 25.7 Å². The molecule has 0 amide bonds. The number of hydrogen-bond acceptors (Lipinski definition) is 4. The van der Waals surface area contributed by atoms with Crippen molar-refractivity contribution in [3.63, 3.8) is 0 Å². The second-order valence-corrected chi connectivity index (χ2v) is 7.06. The summed E-state index contributed by atoms with van der Waals surface area (Å²) in [5, 5.41) is 3.30. The minimum absolute atomic E-state index is 0.0563. The van der Waals surface area contributed by atoms with Gasteiger partial charge in [0.15, 0.2) is 0 Å². The predicted octanol–water partition coefficient (Wildman–Crippen LogP) is -0.0688. The van der Waals surface area contributed by atoms with Crippen LogP contribution in [0.2, 0.25) is 0 Å². The summed E-state index contributed by atoms with van der Waals surface area (Å²) in [5.74, 6) is 0.421. The smallest absolute Gasteiger partial charge is 0.279 e. The first-order valence-corrected chi connectivity index (χ1v) is 8.61. The first kappa shape index (κ1) is 15.2. The van der Waals surface area contributed by atoms with E-state index in [4.69, 9.17) is 4.74 Å². The Balaban J connectivity index is 1.87. The van der Waals surface area contributed by atoms with Gasteiger partial charge in [-0.15, -0.1) is 0 Å². The van der Waals surface area contributed by atoms with Crippen LogP contribution in [-0.2, 0) is 14.9 Å². The van der Waals surface area contributed by atoms with E-state index in [1.165, 1.54) is 0 Å². The molecule has 2 fully saturated rings. The molecule has 0 bridgehead atoms. The van der Waals surface area contributed by atoms with E-state index >= 15 is 0 Å². The molecule has 2 rings (SSSR count). The predicted molar refractivity (Wildman–Crippen MR) is 74.1 cm³/mol. The highest BCUT2D eigenvalue weighted by Crippen LogP contribution is 2.19. The second kappa shape index (κ2) is 6.99. The lowest BCUT2D eigenvalue weighted by Crippen LogP contribution is -2.50. The van der Waals surface area contributed by atoms with Crippen molar-refractivity contribution in [2.75, 3.05) is 39.4 Å². The van der Waals surface area contributed by atoms with Crippen LogP contribution in [-0.4, -0.2) is 58.2 Å². The van der Waals surface area contributed by atoms with Crippen LogP contribution in [0, 0.1) is 5.92 Å². The maximum atomic E-state index is 12.3. The molecule has 2 saturated heterocycles. The molecule has 2 heterocycles. The Labute approximate surface area is 116 Å². The number of rotatable bonds is 6. The Morgan fingerprint density at radius 1 is 1.37 bits per heavy atom. The zero-order valence-electron chi connectivity index (χ0n) is 11.6. The Morgan fingerprint density at radius 3 is 2.89 bits per heavy atom. The van der Waals surface area contributed by atoms with Gasteiger partial charge in [0.1, 0.15) is 0 Å². The molecule has 2 N–H and O–H groups in total. The highest BCUT2D eigenvalue weighted by Gasteiger charge is 2.31. The molecule has 2 unspecified atom stereocenters. The Morgan fingerprint density at radius 2 is 2.21 bits per heavy atom. The van der Waals surface area contributed by atoms with Crippen molar-refractivity contribution in [1.29, 1.82) is 0 Å². The monoisotopic (exact) mass is 291 g/mol. The molecule has 19 heavy (non-hydrogen) atoms. The third-order valence-corrected chi connectivity index (χ3v) is 5.39. The van der Waals surface area contributed by atoms with Gasteiger partial charge in [0.25, 0.3) is 10.2 Å². The maximum absolute atomic E-state index is 12.3. The van der Waals surface area contributed by atoms with Gasteiger partial charge in [-0.25, -0.2) is 0 Å². The van der Waals surface area contributed by atoms with E-state index in [0.29, 0.717) is 32.2 Å². The summed E-state index contributed by atoms with van der Waals surface area (Å²) in [6, 6.07) is -0.0563. The van der Waals surface area contributed by atoms with Crippen molar-refractivity contribution < 1.29 is 13.2 Å². The zero-order valence-corrected chi connectivity index (χ0v) is 12.4. The van der Waals surface area contributed by atoms with Crippen LogP contribution < -0.4 is 10.0 Å². The van der Waals surface area contributed by atoms with Gasteiger partial charge < -0.3 is 10.1 Å². The van der Waals surface area contributed by atoms with Crippen LogP contribution in [0.15, 0.2) is 0 Å². The quantitative estimate of drug-likeness (QED) is 0.719. The van der Waals surface area contributed by atoms with Gasteiger partial charge in [0.2, 0.25) is 0 Å². The fraction of sp³-hybridized carbons (Fsp3) is 1.00. The van der Waals surface area contributed by atoms with E-state index in [-0.39, 0.29) is 6.04 Å². The summed E-state index contributed by atoms with van der Waals surface area (Å²) in [4.78, 5) is 0. The van der Waals surface area contributed by atoms with Crippen LogP contribution in [0.25, 0.3) is 0 Å². The first-order chi connectivity index (χ1) is 9.12. The Hall–Kier alpha value is -0.210. The molecule has 6 nitrogen and oxygen atoms in total. The van der Waals surface area contributed by atoms with Gasteiger partial charge in [-0.05, 0) is 38.3 Å². The molecule has 0 spiro atoms. The van der Waals surface area contributed by atoms with Crippen molar-refractivity contribution in [3.8, 4) is 0 Å². The number of ether oxygens (including phenoxy) is 1. The molecule has 0 aliphatic carbocycles. The molecule has 0 aromatic carbocycles. The lowest BCUT2D eigenvalue weighted by atomic mass is 10.00. The molecule has 2 aliphatic rings. The van der Waals surface area contributed by atoms with Crippen LogP contribution >= 0.6 is 0 Å².